The molecule has 9 heteroatoms. The van der Waals surface area contributed by atoms with Gasteiger partial charge in [-0.1, -0.05) is 5.10 Å². The first kappa shape index (κ1) is 18.5. The van der Waals surface area contributed by atoms with Crippen LogP contribution in [0, 0.1) is 9.39 Å². The molecule has 0 radical (unpaired) electrons. The molecule has 0 aliphatic rings. The molecule has 0 saturated heterocycles. The maximum Gasteiger partial charge on any atom is 0.315 e. The summed E-state index contributed by atoms with van der Waals surface area (Å²) in [4.78, 5) is 6.14. The van der Waals surface area contributed by atoms with Crippen LogP contribution in [0.5, 0.6) is 0 Å². The van der Waals surface area contributed by atoms with E-state index in [4.69, 9.17) is 4.42 Å². The molecule has 0 fully saturated rings. The zero-order chi connectivity index (χ0) is 18.5. The second-order valence-corrected chi connectivity index (χ2v) is 7.06. The van der Waals surface area contributed by atoms with Crippen molar-refractivity contribution in [3.8, 4) is 11.5 Å². The number of halogens is 2. The Morgan fingerprint density at radius 1 is 1.19 bits per heavy atom. The number of aromatic nitrogens is 3. The Kier molecular flexibility index (Phi) is 5.99. The van der Waals surface area contributed by atoms with E-state index < -0.39 is 0 Å². The molecular formula is C17H18FIN6O. The van der Waals surface area contributed by atoms with Gasteiger partial charge in [0.1, 0.15) is 5.82 Å². The molecule has 136 valence electrons. The standard InChI is InChI=1S/C17H18FIN6O/c1-25(2)8-7-21-17-24-23-16(26-17)12-5-6-20-10-15(12)22-14-4-3-11(19)9-13(14)18/h3-6,9-10,22H,7-8H2,1-2H3,(H,21,24). The molecule has 0 unspecified atom stereocenters. The van der Waals surface area contributed by atoms with Crippen LogP contribution in [0.2, 0.25) is 0 Å². The van der Waals surface area contributed by atoms with Gasteiger partial charge in [0.15, 0.2) is 0 Å². The lowest BCUT2D eigenvalue weighted by Crippen LogP contribution is -2.20. The summed E-state index contributed by atoms with van der Waals surface area (Å²) >= 11 is 2.06. The van der Waals surface area contributed by atoms with Gasteiger partial charge in [-0.3, -0.25) is 4.98 Å². The number of hydrogen-bond donors (Lipinski definition) is 2. The van der Waals surface area contributed by atoms with Crippen LogP contribution in [0.25, 0.3) is 11.5 Å². The Morgan fingerprint density at radius 2 is 2.04 bits per heavy atom. The van der Waals surface area contributed by atoms with Crippen molar-refractivity contribution in [2.75, 3.05) is 37.8 Å². The summed E-state index contributed by atoms with van der Waals surface area (Å²) in [5.74, 6) is -0.0172. The van der Waals surface area contributed by atoms with E-state index in [-0.39, 0.29) is 5.82 Å². The van der Waals surface area contributed by atoms with Crippen molar-refractivity contribution in [2.45, 2.75) is 0 Å². The third-order valence-electron chi connectivity index (χ3n) is 3.51. The first-order valence-electron chi connectivity index (χ1n) is 7.91. The number of pyridine rings is 1. The van der Waals surface area contributed by atoms with Gasteiger partial charge >= 0.3 is 6.01 Å². The van der Waals surface area contributed by atoms with Crippen LogP contribution in [-0.4, -0.2) is 47.3 Å². The van der Waals surface area contributed by atoms with Crippen LogP contribution in [-0.2, 0) is 0 Å². The first-order valence-corrected chi connectivity index (χ1v) is 8.99. The number of anilines is 3. The fraction of sp³-hybridized carbons (Fsp3) is 0.235. The average molecular weight is 468 g/mol. The molecule has 2 N–H and O–H groups in total. The van der Waals surface area contributed by atoms with Gasteiger partial charge in [-0.15, -0.1) is 5.10 Å². The smallest absolute Gasteiger partial charge is 0.315 e. The van der Waals surface area contributed by atoms with E-state index in [0.717, 1.165) is 10.1 Å². The lowest BCUT2D eigenvalue weighted by Gasteiger charge is -2.10. The molecule has 1 aromatic carbocycles. The molecule has 2 aromatic heterocycles. The highest BCUT2D eigenvalue weighted by Gasteiger charge is 2.14. The Hall–Kier alpha value is -2.27. The van der Waals surface area contributed by atoms with E-state index in [0.29, 0.717) is 35.4 Å². The molecular weight excluding hydrogens is 450 g/mol. The van der Waals surface area contributed by atoms with Crippen LogP contribution in [0.15, 0.2) is 41.1 Å². The Morgan fingerprint density at radius 3 is 2.81 bits per heavy atom. The van der Waals surface area contributed by atoms with Crippen LogP contribution in [0.1, 0.15) is 0 Å². The second kappa shape index (κ2) is 8.41. The van der Waals surface area contributed by atoms with E-state index in [2.05, 4.69) is 48.4 Å². The van der Waals surface area contributed by atoms with Crippen molar-refractivity contribution in [2.24, 2.45) is 0 Å². The van der Waals surface area contributed by atoms with Crippen molar-refractivity contribution in [3.05, 3.63) is 46.0 Å². The highest BCUT2D eigenvalue weighted by molar-refractivity contribution is 14.1. The van der Waals surface area contributed by atoms with Gasteiger partial charge in [-0.25, -0.2) is 4.39 Å². The summed E-state index contributed by atoms with van der Waals surface area (Å²) < 4.78 is 20.6. The molecule has 26 heavy (non-hydrogen) atoms. The van der Waals surface area contributed by atoms with Crippen molar-refractivity contribution in [1.29, 1.82) is 0 Å². The zero-order valence-corrected chi connectivity index (χ0v) is 16.5. The fourth-order valence-corrected chi connectivity index (χ4v) is 2.66. The number of nitrogens with zero attached hydrogens (tertiary/aromatic N) is 4. The first-order chi connectivity index (χ1) is 12.5. The van der Waals surface area contributed by atoms with Crippen LogP contribution in [0.4, 0.5) is 21.8 Å². The number of benzene rings is 1. The Bertz CT molecular complexity index is 885. The van der Waals surface area contributed by atoms with E-state index in [1.165, 1.54) is 6.07 Å². The summed E-state index contributed by atoms with van der Waals surface area (Å²) in [7, 11) is 3.97. The molecule has 2 heterocycles. The van der Waals surface area contributed by atoms with E-state index in [9.17, 15) is 4.39 Å². The predicted molar refractivity (Wildman–Crippen MR) is 107 cm³/mol. The molecule has 7 nitrogen and oxygen atoms in total. The van der Waals surface area contributed by atoms with Crippen LogP contribution in [0.3, 0.4) is 0 Å². The van der Waals surface area contributed by atoms with Crippen molar-refractivity contribution in [3.63, 3.8) is 0 Å². The van der Waals surface area contributed by atoms with Crippen molar-refractivity contribution < 1.29 is 8.81 Å². The summed E-state index contributed by atoms with van der Waals surface area (Å²) in [6.07, 6.45) is 3.21. The molecule has 0 aliphatic heterocycles. The maximum atomic E-state index is 14.1. The second-order valence-electron chi connectivity index (χ2n) is 5.81. The molecule has 3 rings (SSSR count). The highest BCUT2D eigenvalue weighted by atomic mass is 127. The minimum absolute atomic E-state index is 0.327. The third kappa shape index (κ3) is 4.67. The summed E-state index contributed by atoms with van der Waals surface area (Å²) in [6.45, 7) is 1.52. The number of nitrogens with one attached hydrogen (secondary N) is 2. The van der Waals surface area contributed by atoms with Crippen molar-refractivity contribution in [1.82, 2.24) is 20.1 Å². The van der Waals surface area contributed by atoms with Gasteiger partial charge < -0.3 is 20.0 Å². The summed E-state index contributed by atoms with van der Waals surface area (Å²) in [6, 6.07) is 7.03. The molecule has 0 aliphatic carbocycles. The Balaban J connectivity index is 1.80. The molecule has 0 saturated carbocycles. The molecule has 3 aromatic rings. The summed E-state index contributed by atoms with van der Waals surface area (Å²) in [5.41, 5.74) is 1.57. The normalized spacial score (nSPS) is 11.0. The lowest BCUT2D eigenvalue weighted by molar-refractivity contribution is 0.422. The minimum Gasteiger partial charge on any atom is -0.403 e. The molecule has 0 atom stereocenters. The number of hydrogen-bond acceptors (Lipinski definition) is 7. The average Bonchev–Trinajstić information content (AvgIpc) is 3.06. The fourth-order valence-electron chi connectivity index (χ4n) is 2.21. The van der Waals surface area contributed by atoms with Gasteiger partial charge in [0.25, 0.3) is 5.89 Å². The topological polar surface area (TPSA) is 79.1 Å². The van der Waals surface area contributed by atoms with E-state index >= 15 is 0 Å². The summed E-state index contributed by atoms with van der Waals surface area (Å²) in [5, 5.41) is 14.2. The number of likely N-dealkylation sites (N-methyl/N-ethyl adjacent to an activating group) is 1. The van der Waals surface area contributed by atoms with E-state index in [1.807, 2.05) is 25.1 Å². The van der Waals surface area contributed by atoms with Crippen molar-refractivity contribution >= 4 is 40.0 Å². The van der Waals surface area contributed by atoms with Gasteiger partial charge in [-0.05, 0) is 61.0 Å². The van der Waals surface area contributed by atoms with Gasteiger partial charge in [-0.2, -0.15) is 0 Å². The zero-order valence-electron chi connectivity index (χ0n) is 14.3. The number of rotatable bonds is 7. The minimum atomic E-state index is -0.344. The van der Waals surface area contributed by atoms with E-state index in [1.54, 1.807) is 24.5 Å². The lowest BCUT2D eigenvalue weighted by atomic mass is 10.2. The van der Waals surface area contributed by atoms with Gasteiger partial charge in [0.2, 0.25) is 0 Å². The van der Waals surface area contributed by atoms with Gasteiger partial charge in [0.05, 0.1) is 23.1 Å². The highest BCUT2D eigenvalue weighted by Crippen LogP contribution is 2.30. The monoisotopic (exact) mass is 468 g/mol. The quantitative estimate of drug-likeness (QED) is 0.514. The Labute approximate surface area is 164 Å². The largest absolute Gasteiger partial charge is 0.403 e. The van der Waals surface area contributed by atoms with Gasteiger partial charge in [0, 0.05) is 22.9 Å². The molecule has 0 bridgehead atoms. The molecule has 0 spiro atoms. The predicted octanol–water partition coefficient (Wildman–Crippen LogP) is 3.59. The molecule has 0 amide bonds. The third-order valence-corrected chi connectivity index (χ3v) is 4.18. The SMILES string of the molecule is CN(C)CCNc1nnc(-c2ccncc2Nc2ccc(I)cc2F)o1. The van der Waals surface area contributed by atoms with Crippen LogP contribution < -0.4 is 10.6 Å². The van der Waals surface area contributed by atoms with Crippen LogP contribution >= 0.6 is 22.6 Å². The maximum absolute atomic E-state index is 14.1.